The number of hydrogen-bond acceptors (Lipinski definition) is 4. The van der Waals surface area contributed by atoms with Gasteiger partial charge in [-0.05, 0) is 32.6 Å². The molecule has 3 atom stereocenters. The zero-order chi connectivity index (χ0) is 13.5. The summed E-state index contributed by atoms with van der Waals surface area (Å²) in [4.78, 5) is 25.0. The van der Waals surface area contributed by atoms with Crippen molar-refractivity contribution in [2.24, 2.45) is 17.8 Å². The zero-order valence-electron chi connectivity index (χ0n) is 11.0. The third kappa shape index (κ3) is 2.47. The molecule has 1 unspecified atom stereocenters. The van der Waals surface area contributed by atoms with Crippen molar-refractivity contribution >= 4 is 11.9 Å². The first-order valence-electron chi connectivity index (χ1n) is 6.21. The minimum absolute atomic E-state index is 0.00309. The molecule has 0 radical (unpaired) electrons. The van der Waals surface area contributed by atoms with Gasteiger partial charge in [0, 0.05) is 19.0 Å². The van der Waals surface area contributed by atoms with Crippen LogP contribution in [0.15, 0.2) is 0 Å². The summed E-state index contributed by atoms with van der Waals surface area (Å²) in [6, 6.07) is 1.89. The maximum Gasteiger partial charge on any atom is 0.410 e. The van der Waals surface area contributed by atoms with Gasteiger partial charge in [-0.15, -0.1) is 0 Å². The molecule has 0 bridgehead atoms. The van der Waals surface area contributed by atoms with E-state index in [-0.39, 0.29) is 36.1 Å². The van der Waals surface area contributed by atoms with Gasteiger partial charge in [0.05, 0.1) is 12.5 Å². The number of likely N-dealkylation sites (tertiary alicyclic amines) is 1. The summed E-state index contributed by atoms with van der Waals surface area (Å²) in [6.45, 7) is 6.67. The zero-order valence-corrected chi connectivity index (χ0v) is 11.0. The molecule has 0 aromatic rings. The van der Waals surface area contributed by atoms with E-state index in [0.29, 0.717) is 13.1 Å². The number of carbonyl (C=O) groups excluding carboxylic acids is 2. The number of ketones is 1. The molecule has 2 aliphatic rings. The largest absolute Gasteiger partial charge is 0.444 e. The summed E-state index contributed by atoms with van der Waals surface area (Å²) in [5.41, 5.74) is -0.486. The van der Waals surface area contributed by atoms with Crippen molar-refractivity contribution in [1.82, 2.24) is 4.90 Å². The molecule has 1 heterocycles. The third-order valence-corrected chi connectivity index (χ3v) is 3.47. The van der Waals surface area contributed by atoms with Gasteiger partial charge in [0.1, 0.15) is 5.60 Å². The number of amides is 1. The molecule has 1 saturated carbocycles. The number of fused-ring (bicyclic) bond motifs is 1. The molecule has 1 aliphatic carbocycles. The Kier molecular flexibility index (Phi) is 3.05. The molecule has 2 fully saturated rings. The lowest BCUT2D eigenvalue weighted by Crippen LogP contribution is -2.37. The van der Waals surface area contributed by atoms with Gasteiger partial charge in [0.15, 0.2) is 5.78 Å². The molecule has 0 aromatic carbocycles. The highest BCUT2D eigenvalue weighted by Gasteiger charge is 2.60. The van der Waals surface area contributed by atoms with Crippen LogP contribution in [-0.2, 0) is 9.53 Å². The second kappa shape index (κ2) is 4.27. The minimum atomic E-state index is -0.486. The van der Waals surface area contributed by atoms with Gasteiger partial charge in [-0.3, -0.25) is 4.79 Å². The Morgan fingerprint density at radius 2 is 1.89 bits per heavy atom. The lowest BCUT2D eigenvalue weighted by Gasteiger charge is -2.25. The van der Waals surface area contributed by atoms with Crippen LogP contribution < -0.4 is 0 Å². The highest BCUT2D eigenvalue weighted by Crippen LogP contribution is 2.52. The van der Waals surface area contributed by atoms with Crippen LogP contribution in [0.2, 0.25) is 0 Å². The molecular formula is C13H18N2O3. The minimum Gasteiger partial charge on any atom is -0.444 e. The number of piperidine rings is 1. The summed E-state index contributed by atoms with van der Waals surface area (Å²) >= 11 is 0. The van der Waals surface area contributed by atoms with E-state index in [0.717, 1.165) is 0 Å². The van der Waals surface area contributed by atoms with Crippen LogP contribution in [-0.4, -0.2) is 35.5 Å². The van der Waals surface area contributed by atoms with E-state index in [1.54, 1.807) is 4.90 Å². The van der Waals surface area contributed by atoms with E-state index >= 15 is 0 Å². The van der Waals surface area contributed by atoms with Crippen LogP contribution in [0.25, 0.3) is 0 Å². The van der Waals surface area contributed by atoms with Crippen LogP contribution in [0, 0.1) is 29.1 Å². The van der Waals surface area contributed by atoms with Gasteiger partial charge >= 0.3 is 6.09 Å². The van der Waals surface area contributed by atoms with Crippen molar-refractivity contribution in [3.8, 4) is 6.07 Å². The van der Waals surface area contributed by atoms with Crippen molar-refractivity contribution in [2.45, 2.75) is 32.8 Å². The molecule has 1 saturated heterocycles. The summed E-state index contributed by atoms with van der Waals surface area (Å²) < 4.78 is 5.28. The maximum atomic E-state index is 11.8. The lowest BCUT2D eigenvalue weighted by molar-refractivity contribution is -0.120. The predicted molar refractivity (Wildman–Crippen MR) is 63.5 cm³/mol. The van der Waals surface area contributed by atoms with Crippen LogP contribution in [0.3, 0.4) is 0 Å². The fourth-order valence-electron chi connectivity index (χ4n) is 2.68. The molecular weight excluding hydrogens is 232 g/mol. The molecule has 0 spiro atoms. The van der Waals surface area contributed by atoms with Crippen LogP contribution in [0.1, 0.15) is 27.2 Å². The van der Waals surface area contributed by atoms with E-state index in [1.165, 1.54) is 0 Å². The van der Waals surface area contributed by atoms with Crippen LogP contribution in [0.5, 0.6) is 0 Å². The number of carbonyl (C=O) groups is 2. The molecule has 0 N–H and O–H groups in total. The monoisotopic (exact) mass is 250 g/mol. The Balaban J connectivity index is 1.83. The van der Waals surface area contributed by atoms with Gasteiger partial charge < -0.3 is 9.64 Å². The molecule has 0 aromatic heterocycles. The first-order chi connectivity index (χ1) is 8.33. The first kappa shape index (κ1) is 12.9. The van der Waals surface area contributed by atoms with Gasteiger partial charge in [0.25, 0.3) is 0 Å². The predicted octanol–water partition coefficient (Wildman–Crippen LogP) is 1.58. The molecule has 98 valence electrons. The van der Waals surface area contributed by atoms with E-state index in [1.807, 2.05) is 26.8 Å². The number of rotatable bonds is 2. The lowest BCUT2D eigenvalue weighted by atomic mass is 10.1. The molecule has 18 heavy (non-hydrogen) atoms. The number of Topliss-reactive ketones (excluding diaryl/α,β-unsaturated/α-hetero) is 1. The Labute approximate surface area is 107 Å². The van der Waals surface area contributed by atoms with Crippen molar-refractivity contribution < 1.29 is 14.3 Å². The fraction of sp³-hybridized carbons (Fsp3) is 0.769. The van der Waals surface area contributed by atoms with Crippen LogP contribution >= 0.6 is 0 Å². The quantitative estimate of drug-likeness (QED) is 0.746. The standard InChI is InChI=1S/C13H18N2O3/c1-13(2,3)18-12(17)15-6-8-9(7-15)11(8)10(16)4-5-14/h8-9,11H,4,6-7H2,1-3H3/t8-,9+,11?. The van der Waals surface area contributed by atoms with E-state index in [9.17, 15) is 9.59 Å². The summed E-state index contributed by atoms with van der Waals surface area (Å²) in [6.07, 6.45) is -0.314. The Morgan fingerprint density at radius 1 is 1.33 bits per heavy atom. The maximum absolute atomic E-state index is 11.8. The van der Waals surface area contributed by atoms with Gasteiger partial charge in [-0.1, -0.05) is 0 Å². The van der Waals surface area contributed by atoms with Gasteiger partial charge in [0.2, 0.25) is 0 Å². The molecule has 1 amide bonds. The van der Waals surface area contributed by atoms with E-state index in [4.69, 9.17) is 10.00 Å². The number of nitriles is 1. The fourth-order valence-corrected chi connectivity index (χ4v) is 2.68. The van der Waals surface area contributed by atoms with Gasteiger partial charge in [-0.25, -0.2) is 4.79 Å². The highest BCUT2D eigenvalue weighted by molar-refractivity contribution is 5.86. The number of ether oxygens (including phenoxy) is 1. The summed E-state index contributed by atoms with van der Waals surface area (Å²) in [5.74, 6) is 0.524. The topological polar surface area (TPSA) is 70.4 Å². The molecule has 5 nitrogen and oxygen atoms in total. The average Bonchev–Trinajstić information content (AvgIpc) is 2.72. The molecule has 5 heteroatoms. The second-order valence-corrected chi connectivity index (χ2v) is 6.04. The van der Waals surface area contributed by atoms with E-state index in [2.05, 4.69) is 0 Å². The van der Waals surface area contributed by atoms with Crippen LogP contribution in [0.4, 0.5) is 4.79 Å². The highest BCUT2D eigenvalue weighted by atomic mass is 16.6. The average molecular weight is 250 g/mol. The van der Waals surface area contributed by atoms with Gasteiger partial charge in [-0.2, -0.15) is 5.26 Å². The smallest absolute Gasteiger partial charge is 0.410 e. The molecule has 2 rings (SSSR count). The summed E-state index contributed by atoms with van der Waals surface area (Å²) in [5, 5.41) is 8.49. The number of nitrogens with zero attached hydrogens (tertiary/aromatic N) is 2. The third-order valence-electron chi connectivity index (χ3n) is 3.47. The normalized spacial score (nSPS) is 29.4. The van der Waals surface area contributed by atoms with E-state index < -0.39 is 5.60 Å². The SMILES string of the molecule is CC(C)(C)OC(=O)N1C[C@@H]2C(C(=O)CC#N)[C@@H]2C1. The van der Waals surface area contributed by atoms with Crippen molar-refractivity contribution in [3.05, 3.63) is 0 Å². The molecule has 1 aliphatic heterocycles. The Bertz CT molecular complexity index is 407. The number of hydrogen-bond donors (Lipinski definition) is 0. The second-order valence-electron chi connectivity index (χ2n) is 6.04. The Hall–Kier alpha value is -1.57. The van der Waals surface area contributed by atoms with Crippen molar-refractivity contribution in [1.29, 1.82) is 5.26 Å². The Morgan fingerprint density at radius 3 is 2.33 bits per heavy atom. The summed E-state index contributed by atoms with van der Waals surface area (Å²) in [7, 11) is 0. The first-order valence-corrected chi connectivity index (χ1v) is 6.21. The van der Waals surface area contributed by atoms with Crippen molar-refractivity contribution in [3.63, 3.8) is 0 Å². The van der Waals surface area contributed by atoms with Crippen molar-refractivity contribution in [2.75, 3.05) is 13.1 Å².